The van der Waals surface area contributed by atoms with Crippen molar-refractivity contribution in [1.82, 2.24) is 29.5 Å². The Kier molecular flexibility index (Phi) is 4.12. The number of rotatable bonds is 4. The molecule has 1 aromatic carbocycles. The van der Waals surface area contributed by atoms with Crippen LogP contribution in [-0.2, 0) is 13.5 Å². The van der Waals surface area contributed by atoms with Gasteiger partial charge in [0.1, 0.15) is 17.3 Å². The van der Waals surface area contributed by atoms with Gasteiger partial charge in [0.15, 0.2) is 5.65 Å². The topological polar surface area (TPSA) is 109 Å². The van der Waals surface area contributed by atoms with E-state index in [1.165, 1.54) is 5.56 Å². The number of nitrogens with two attached hydrogens (primary N) is 1. The molecule has 0 spiro atoms. The van der Waals surface area contributed by atoms with Crippen LogP contribution >= 0.6 is 0 Å². The summed E-state index contributed by atoms with van der Waals surface area (Å²) in [6.45, 7) is 6.79. The van der Waals surface area contributed by atoms with Crippen molar-refractivity contribution < 1.29 is 4.74 Å². The average molecular weight is 404 g/mol. The van der Waals surface area contributed by atoms with Gasteiger partial charge >= 0.3 is 0 Å². The predicted octanol–water partition coefficient (Wildman–Crippen LogP) is 3.38. The van der Waals surface area contributed by atoms with E-state index in [0.717, 1.165) is 40.2 Å². The smallest absolute Gasteiger partial charge is 0.231 e. The van der Waals surface area contributed by atoms with Gasteiger partial charge in [-0.2, -0.15) is 20.2 Å². The molecule has 30 heavy (non-hydrogen) atoms. The molecule has 0 unspecified atom stereocenters. The molecular weight excluding hydrogens is 380 g/mol. The second-order valence-electron chi connectivity index (χ2n) is 7.87. The van der Waals surface area contributed by atoms with E-state index in [2.05, 4.69) is 35.3 Å². The van der Waals surface area contributed by atoms with Crippen LogP contribution in [-0.4, -0.2) is 36.1 Å². The van der Waals surface area contributed by atoms with E-state index in [-0.39, 0.29) is 6.04 Å². The van der Waals surface area contributed by atoms with Crippen molar-refractivity contribution in [2.75, 3.05) is 17.7 Å². The van der Waals surface area contributed by atoms with Crippen molar-refractivity contribution in [1.29, 1.82) is 0 Å². The Bertz CT molecular complexity index is 1270. The van der Waals surface area contributed by atoms with Crippen molar-refractivity contribution in [2.24, 2.45) is 7.05 Å². The average Bonchev–Trinajstić information content (AvgIpc) is 3.38. The highest BCUT2D eigenvalue weighted by Crippen LogP contribution is 2.36. The molecule has 4 aromatic rings. The number of aryl methyl sites for hydroxylation is 2. The monoisotopic (exact) mass is 404 g/mol. The highest BCUT2D eigenvalue weighted by molar-refractivity contribution is 5.99. The van der Waals surface area contributed by atoms with Gasteiger partial charge in [0.25, 0.3) is 0 Å². The lowest BCUT2D eigenvalue weighted by molar-refractivity contribution is 0.357. The zero-order chi connectivity index (χ0) is 21.0. The molecule has 9 heteroatoms. The fraction of sp³-hybridized carbons (Fsp3) is 0.333. The molecule has 4 heterocycles. The minimum atomic E-state index is 0.112. The first kappa shape index (κ1) is 18.4. The van der Waals surface area contributed by atoms with Crippen LogP contribution in [0.5, 0.6) is 5.75 Å². The molecule has 0 radical (unpaired) electrons. The maximum atomic E-state index is 6.43. The molecule has 0 bridgehead atoms. The van der Waals surface area contributed by atoms with Crippen molar-refractivity contribution in [2.45, 2.75) is 33.2 Å². The number of hydrogen-bond donors (Lipinski definition) is 2. The number of nitrogen functional groups attached to an aromatic ring is 1. The van der Waals surface area contributed by atoms with E-state index in [1.807, 2.05) is 37.0 Å². The van der Waals surface area contributed by atoms with Gasteiger partial charge in [-0.1, -0.05) is 0 Å². The van der Waals surface area contributed by atoms with Crippen molar-refractivity contribution in [3.8, 4) is 17.0 Å². The summed E-state index contributed by atoms with van der Waals surface area (Å²) in [5.41, 5.74) is 11.8. The standard InChI is InChI=1S/C21H24N8O/c1-11(2)29-20-17(18(27-29)14-5-6-16-13(9-14)7-8-30-16)19(22)24-21(25-20)23-15-10-28(4)26-12(15)3/h5-6,9-11H,7-8H2,1-4H3,(H3,22,23,24,25). The van der Waals surface area contributed by atoms with Crippen LogP contribution in [0, 0.1) is 6.92 Å². The fourth-order valence-electron chi connectivity index (χ4n) is 3.86. The maximum Gasteiger partial charge on any atom is 0.231 e. The number of benzene rings is 1. The number of ether oxygens (including phenoxy) is 1. The third-order valence-electron chi connectivity index (χ3n) is 5.29. The summed E-state index contributed by atoms with van der Waals surface area (Å²) in [5.74, 6) is 1.75. The molecule has 9 nitrogen and oxygen atoms in total. The molecule has 0 saturated heterocycles. The van der Waals surface area contributed by atoms with Gasteiger partial charge in [-0.15, -0.1) is 0 Å². The Morgan fingerprint density at radius 1 is 1.20 bits per heavy atom. The second kappa shape index (κ2) is 6.72. The summed E-state index contributed by atoms with van der Waals surface area (Å²) >= 11 is 0. The van der Waals surface area contributed by atoms with E-state index < -0.39 is 0 Å². The molecule has 3 N–H and O–H groups in total. The minimum Gasteiger partial charge on any atom is -0.493 e. The minimum absolute atomic E-state index is 0.112. The van der Waals surface area contributed by atoms with Gasteiger partial charge in [-0.3, -0.25) is 4.68 Å². The third-order valence-corrected chi connectivity index (χ3v) is 5.29. The fourth-order valence-corrected chi connectivity index (χ4v) is 3.86. The van der Waals surface area contributed by atoms with Crippen molar-refractivity contribution >= 4 is 28.5 Å². The molecule has 1 aliphatic heterocycles. The van der Waals surface area contributed by atoms with Crippen LogP contribution in [0.1, 0.15) is 31.1 Å². The van der Waals surface area contributed by atoms with Crippen LogP contribution in [0.4, 0.5) is 17.5 Å². The zero-order valence-electron chi connectivity index (χ0n) is 17.5. The van der Waals surface area contributed by atoms with E-state index in [4.69, 9.17) is 20.6 Å². The second-order valence-corrected chi connectivity index (χ2v) is 7.87. The molecule has 0 atom stereocenters. The van der Waals surface area contributed by atoms with Gasteiger partial charge < -0.3 is 15.8 Å². The van der Waals surface area contributed by atoms with Crippen LogP contribution in [0.3, 0.4) is 0 Å². The Balaban J connectivity index is 1.65. The molecule has 0 saturated carbocycles. The summed E-state index contributed by atoms with van der Waals surface area (Å²) in [6.07, 6.45) is 2.79. The number of hydrogen-bond acceptors (Lipinski definition) is 7. The summed E-state index contributed by atoms with van der Waals surface area (Å²) in [7, 11) is 1.87. The van der Waals surface area contributed by atoms with Gasteiger partial charge in [-0.05, 0) is 44.5 Å². The lowest BCUT2D eigenvalue weighted by Crippen LogP contribution is -2.06. The summed E-state index contributed by atoms with van der Waals surface area (Å²) < 4.78 is 9.28. The summed E-state index contributed by atoms with van der Waals surface area (Å²) in [4.78, 5) is 9.28. The first-order valence-corrected chi connectivity index (χ1v) is 10.00. The van der Waals surface area contributed by atoms with Crippen LogP contribution < -0.4 is 15.8 Å². The lowest BCUT2D eigenvalue weighted by Gasteiger charge is -2.08. The molecule has 154 valence electrons. The number of nitrogens with one attached hydrogen (secondary N) is 1. The van der Waals surface area contributed by atoms with Gasteiger partial charge in [-0.25, -0.2) is 4.68 Å². The summed E-state index contributed by atoms with van der Waals surface area (Å²) in [5, 5.41) is 13.2. The van der Waals surface area contributed by atoms with Crippen LogP contribution in [0.15, 0.2) is 24.4 Å². The van der Waals surface area contributed by atoms with Crippen molar-refractivity contribution in [3.05, 3.63) is 35.7 Å². The van der Waals surface area contributed by atoms with E-state index in [0.29, 0.717) is 24.0 Å². The molecule has 5 rings (SSSR count). The van der Waals surface area contributed by atoms with Gasteiger partial charge in [0.05, 0.1) is 23.4 Å². The largest absolute Gasteiger partial charge is 0.493 e. The van der Waals surface area contributed by atoms with Gasteiger partial charge in [0, 0.05) is 31.3 Å². The third kappa shape index (κ3) is 2.94. The Hall–Kier alpha value is -3.62. The zero-order valence-corrected chi connectivity index (χ0v) is 17.5. The molecular formula is C21H24N8O. The first-order valence-electron chi connectivity index (χ1n) is 10.00. The number of fused-ring (bicyclic) bond motifs is 2. The highest BCUT2D eigenvalue weighted by atomic mass is 16.5. The first-order chi connectivity index (χ1) is 14.4. The molecule has 0 aliphatic carbocycles. The quantitative estimate of drug-likeness (QED) is 0.537. The summed E-state index contributed by atoms with van der Waals surface area (Å²) in [6, 6.07) is 6.25. The van der Waals surface area contributed by atoms with Crippen LogP contribution in [0.25, 0.3) is 22.3 Å². The number of anilines is 3. The Morgan fingerprint density at radius 2 is 2.03 bits per heavy atom. The van der Waals surface area contributed by atoms with Gasteiger partial charge in [0.2, 0.25) is 5.95 Å². The van der Waals surface area contributed by atoms with E-state index in [1.54, 1.807) is 4.68 Å². The maximum absolute atomic E-state index is 6.43. The predicted molar refractivity (Wildman–Crippen MR) is 116 cm³/mol. The van der Waals surface area contributed by atoms with Crippen molar-refractivity contribution in [3.63, 3.8) is 0 Å². The highest BCUT2D eigenvalue weighted by Gasteiger charge is 2.22. The SMILES string of the molecule is Cc1nn(C)cc1Nc1nc(N)c2c(-c3ccc4c(c3)CCO4)nn(C(C)C)c2n1. The molecule has 0 fully saturated rings. The molecule has 1 aliphatic rings. The Morgan fingerprint density at radius 3 is 2.77 bits per heavy atom. The van der Waals surface area contributed by atoms with Crippen LogP contribution in [0.2, 0.25) is 0 Å². The molecule has 3 aromatic heterocycles. The number of nitrogens with zero attached hydrogens (tertiary/aromatic N) is 6. The van der Waals surface area contributed by atoms with E-state index in [9.17, 15) is 0 Å². The normalized spacial score (nSPS) is 13.1. The lowest BCUT2D eigenvalue weighted by atomic mass is 10.0. The number of aromatic nitrogens is 6. The van der Waals surface area contributed by atoms with E-state index >= 15 is 0 Å². The Labute approximate surface area is 173 Å². The molecule has 0 amide bonds.